The van der Waals surface area contributed by atoms with Gasteiger partial charge in [0.05, 0.1) is 0 Å². The van der Waals surface area contributed by atoms with Crippen LogP contribution >= 0.6 is 34.5 Å². The van der Waals surface area contributed by atoms with Gasteiger partial charge >= 0.3 is 6.01 Å². The average Bonchev–Trinajstić information content (AvgIpc) is 3.07. The molecule has 2 heterocycles. The lowest BCUT2D eigenvalue weighted by Gasteiger charge is -2.02. The van der Waals surface area contributed by atoms with Crippen LogP contribution < -0.4 is 5.32 Å². The quantitative estimate of drug-likeness (QED) is 0.769. The summed E-state index contributed by atoms with van der Waals surface area (Å²) in [6.07, 6.45) is 0. The average molecular weight is 340 g/mol. The normalized spacial score (nSPS) is 10.6. The van der Waals surface area contributed by atoms with Crippen molar-refractivity contribution in [2.24, 2.45) is 0 Å². The van der Waals surface area contributed by atoms with Gasteiger partial charge in [-0.2, -0.15) is 11.3 Å². The number of amides is 1. The smallest absolute Gasteiger partial charge is 0.322 e. The summed E-state index contributed by atoms with van der Waals surface area (Å²) in [6.45, 7) is 0. The Morgan fingerprint density at radius 3 is 2.62 bits per heavy atom. The van der Waals surface area contributed by atoms with Gasteiger partial charge in [0.1, 0.15) is 0 Å². The predicted molar refractivity (Wildman–Crippen MR) is 82.0 cm³/mol. The van der Waals surface area contributed by atoms with Crippen molar-refractivity contribution in [1.82, 2.24) is 10.2 Å². The summed E-state index contributed by atoms with van der Waals surface area (Å²) >= 11 is 13.2. The SMILES string of the molecule is O=C(Nc1nnc(-c2ccsc2)o1)c1cc(Cl)cc(Cl)c1. The largest absolute Gasteiger partial charge is 0.403 e. The van der Waals surface area contributed by atoms with Gasteiger partial charge in [-0.15, -0.1) is 5.10 Å². The highest BCUT2D eigenvalue weighted by Crippen LogP contribution is 2.23. The predicted octanol–water partition coefficient (Wildman–Crippen LogP) is 4.36. The molecule has 0 saturated carbocycles. The van der Waals surface area contributed by atoms with Crippen LogP contribution in [0.3, 0.4) is 0 Å². The number of nitrogens with one attached hydrogen (secondary N) is 1. The minimum Gasteiger partial charge on any atom is -0.403 e. The zero-order valence-corrected chi connectivity index (χ0v) is 12.7. The van der Waals surface area contributed by atoms with Crippen molar-refractivity contribution in [2.75, 3.05) is 5.32 Å². The van der Waals surface area contributed by atoms with Crippen LogP contribution in [0, 0.1) is 0 Å². The molecule has 0 saturated heterocycles. The van der Waals surface area contributed by atoms with Gasteiger partial charge in [0, 0.05) is 26.6 Å². The summed E-state index contributed by atoms with van der Waals surface area (Å²) in [5.74, 6) is -0.0874. The number of carbonyl (C=O) groups is 1. The Morgan fingerprint density at radius 1 is 1.19 bits per heavy atom. The van der Waals surface area contributed by atoms with Crippen molar-refractivity contribution in [3.63, 3.8) is 0 Å². The van der Waals surface area contributed by atoms with Crippen molar-refractivity contribution in [2.45, 2.75) is 0 Å². The number of benzene rings is 1. The van der Waals surface area contributed by atoms with Gasteiger partial charge in [0.25, 0.3) is 11.8 Å². The Labute approximate surface area is 133 Å². The molecule has 0 aliphatic heterocycles. The number of anilines is 1. The lowest BCUT2D eigenvalue weighted by atomic mass is 10.2. The highest BCUT2D eigenvalue weighted by atomic mass is 35.5. The molecule has 3 rings (SSSR count). The Balaban J connectivity index is 1.79. The maximum Gasteiger partial charge on any atom is 0.322 e. The number of carbonyl (C=O) groups excluding carboxylic acids is 1. The molecule has 0 bridgehead atoms. The van der Waals surface area contributed by atoms with Crippen molar-refractivity contribution in [3.05, 3.63) is 50.6 Å². The van der Waals surface area contributed by atoms with Crippen LogP contribution in [-0.2, 0) is 0 Å². The number of hydrogen-bond donors (Lipinski definition) is 1. The number of hydrogen-bond acceptors (Lipinski definition) is 5. The molecule has 0 spiro atoms. The second kappa shape index (κ2) is 5.85. The molecule has 0 radical (unpaired) electrons. The topological polar surface area (TPSA) is 68.0 Å². The molecule has 106 valence electrons. The molecule has 21 heavy (non-hydrogen) atoms. The molecule has 5 nitrogen and oxygen atoms in total. The van der Waals surface area contributed by atoms with Gasteiger partial charge in [0.2, 0.25) is 0 Å². The van der Waals surface area contributed by atoms with E-state index in [0.717, 1.165) is 5.56 Å². The van der Waals surface area contributed by atoms with E-state index in [-0.39, 0.29) is 6.01 Å². The van der Waals surface area contributed by atoms with Gasteiger partial charge in [-0.05, 0) is 29.6 Å². The molecule has 1 amide bonds. The van der Waals surface area contributed by atoms with Crippen LogP contribution in [-0.4, -0.2) is 16.1 Å². The number of nitrogens with zero attached hydrogens (tertiary/aromatic N) is 2. The lowest BCUT2D eigenvalue weighted by Crippen LogP contribution is -2.12. The minimum atomic E-state index is -0.431. The first-order chi connectivity index (χ1) is 10.1. The molecule has 8 heteroatoms. The van der Waals surface area contributed by atoms with Crippen LogP contribution in [0.5, 0.6) is 0 Å². The van der Waals surface area contributed by atoms with Crippen molar-refractivity contribution < 1.29 is 9.21 Å². The summed E-state index contributed by atoms with van der Waals surface area (Å²) in [6, 6.07) is 6.40. The Kier molecular flexibility index (Phi) is 3.92. The molecule has 0 fully saturated rings. The molecule has 0 aliphatic rings. The second-order valence-corrected chi connectivity index (χ2v) is 5.69. The first-order valence-electron chi connectivity index (χ1n) is 5.75. The van der Waals surface area contributed by atoms with Gasteiger partial charge in [0.15, 0.2) is 0 Å². The third kappa shape index (κ3) is 3.24. The highest BCUT2D eigenvalue weighted by molar-refractivity contribution is 7.08. The van der Waals surface area contributed by atoms with Crippen molar-refractivity contribution >= 4 is 46.5 Å². The minimum absolute atomic E-state index is 0.0114. The van der Waals surface area contributed by atoms with E-state index in [9.17, 15) is 4.79 Å². The fourth-order valence-corrected chi connectivity index (χ4v) is 2.79. The molecule has 0 aliphatic carbocycles. The summed E-state index contributed by atoms with van der Waals surface area (Å²) in [4.78, 5) is 12.1. The van der Waals surface area contributed by atoms with Crippen molar-refractivity contribution in [1.29, 1.82) is 0 Å². The molecular formula is C13H7Cl2N3O2S. The number of halogens is 2. The third-order valence-electron chi connectivity index (χ3n) is 2.54. The molecule has 0 atom stereocenters. The zero-order chi connectivity index (χ0) is 14.8. The lowest BCUT2D eigenvalue weighted by molar-refractivity contribution is 0.102. The molecule has 3 aromatic rings. The molecule has 1 N–H and O–H groups in total. The van der Waals surface area contributed by atoms with Crippen molar-refractivity contribution in [3.8, 4) is 11.5 Å². The van der Waals surface area contributed by atoms with Gasteiger partial charge in [-0.25, -0.2) is 0 Å². The monoisotopic (exact) mass is 339 g/mol. The third-order valence-corrected chi connectivity index (χ3v) is 3.66. The molecule has 2 aromatic heterocycles. The number of rotatable bonds is 3. The summed E-state index contributed by atoms with van der Waals surface area (Å²) in [5, 5.41) is 14.6. The van der Waals surface area contributed by atoms with E-state index in [2.05, 4.69) is 15.5 Å². The van der Waals surface area contributed by atoms with Crippen LogP contribution in [0.4, 0.5) is 6.01 Å². The van der Waals surface area contributed by atoms with E-state index in [1.807, 2.05) is 16.8 Å². The molecular weight excluding hydrogens is 333 g/mol. The fraction of sp³-hybridized carbons (Fsp3) is 0. The standard InChI is InChI=1S/C13H7Cl2N3O2S/c14-9-3-8(4-10(15)5-9)11(19)16-13-18-17-12(20-13)7-1-2-21-6-7/h1-6H,(H,16,18,19). The Hall–Kier alpha value is -1.89. The fourth-order valence-electron chi connectivity index (χ4n) is 1.63. The maximum atomic E-state index is 12.1. The van der Waals surface area contributed by atoms with Gasteiger partial charge in [-0.1, -0.05) is 28.3 Å². The summed E-state index contributed by atoms with van der Waals surface area (Å²) in [7, 11) is 0. The van der Waals surface area contributed by atoms with Gasteiger partial charge in [-0.3, -0.25) is 10.1 Å². The van der Waals surface area contributed by atoms with E-state index in [4.69, 9.17) is 27.6 Å². The van der Waals surface area contributed by atoms with E-state index in [0.29, 0.717) is 21.5 Å². The first kappa shape index (κ1) is 14.1. The maximum absolute atomic E-state index is 12.1. The van der Waals surface area contributed by atoms with Crippen LogP contribution in [0.15, 0.2) is 39.4 Å². The van der Waals surface area contributed by atoms with E-state index in [1.54, 1.807) is 6.07 Å². The summed E-state index contributed by atoms with van der Waals surface area (Å²) in [5.41, 5.74) is 1.11. The highest BCUT2D eigenvalue weighted by Gasteiger charge is 2.14. The zero-order valence-electron chi connectivity index (χ0n) is 10.3. The molecule has 1 aromatic carbocycles. The van der Waals surface area contributed by atoms with Crippen LogP contribution in [0.25, 0.3) is 11.5 Å². The number of thiophene rings is 1. The van der Waals surface area contributed by atoms with Crippen LogP contribution in [0.1, 0.15) is 10.4 Å². The summed E-state index contributed by atoms with van der Waals surface area (Å²) < 4.78 is 5.37. The van der Waals surface area contributed by atoms with Gasteiger partial charge < -0.3 is 4.42 Å². The Morgan fingerprint density at radius 2 is 1.95 bits per heavy atom. The van der Waals surface area contributed by atoms with E-state index >= 15 is 0 Å². The Bertz CT molecular complexity index is 766. The first-order valence-corrected chi connectivity index (χ1v) is 7.45. The number of aromatic nitrogens is 2. The second-order valence-electron chi connectivity index (χ2n) is 4.04. The molecule has 0 unspecified atom stereocenters. The van der Waals surface area contributed by atoms with E-state index in [1.165, 1.54) is 23.5 Å². The van der Waals surface area contributed by atoms with Crippen LogP contribution in [0.2, 0.25) is 10.0 Å². The van der Waals surface area contributed by atoms with E-state index < -0.39 is 5.91 Å².